The van der Waals surface area contributed by atoms with Crippen LogP contribution in [0.4, 0.5) is 0 Å². The molecule has 0 aliphatic rings. The van der Waals surface area contributed by atoms with E-state index in [0.29, 0.717) is 6.04 Å². The molecule has 2 aromatic carbocycles. The third-order valence-electron chi connectivity index (χ3n) is 3.95. The van der Waals surface area contributed by atoms with Crippen LogP contribution >= 0.6 is 0 Å². The molecule has 0 aliphatic heterocycles. The maximum absolute atomic E-state index is 5.49. The molecular weight excluding hydrogens is 258 g/mol. The summed E-state index contributed by atoms with van der Waals surface area (Å²) < 4.78 is 5.49. The van der Waals surface area contributed by atoms with Crippen molar-refractivity contribution in [1.29, 1.82) is 0 Å². The van der Waals surface area contributed by atoms with Crippen LogP contribution in [0.5, 0.6) is 5.75 Å². The molecule has 0 aromatic heterocycles. The van der Waals surface area contributed by atoms with E-state index in [9.17, 15) is 0 Å². The largest absolute Gasteiger partial charge is 0.496 e. The Kier molecular flexibility index (Phi) is 5.40. The summed E-state index contributed by atoms with van der Waals surface area (Å²) in [6, 6.07) is 17.6. The van der Waals surface area contributed by atoms with Crippen LogP contribution in [0.1, 0.15) is 49.0 Å². The van der Waals surface area contributed by atoms with Gasteiger partial charge in [-0.3, -0.25) is 0 Å². The quantitative estimate of drug-likeness (QED) is 0.821. The molecular formula is C19H25NO. The summed E-state index contributed by atoms with van der Waals surface area (Å²) in [6.07, 6.45) is 1.02. The molecule has 0 aliphatic carbocycles. The van der Waals surface area contributed by atoms with E-state index in [1.54, 1.807) is 7.11 Å². The van der Waals surface area contributed by atoms with Gasteiger partial charge in [0, 0.05) is 17.6 Å². The van der Waals surface area contributed by atoms with E-state index in [1.165, 1.54) is 16.7 Å². The van der Waals surface area contributed by atoms with Gasteiger partial charge in [0.15, 0.2) is 0 Å². The average Bonchev–Trinajstić information content (AvgIpc) is 2.53. The predicted octanol–water partition coefficient (Wildman–Crippen LogP) is 4.81. The van der Waals surface area contributed by atoms with Gasteiger partial charge in [0.2, 0.25) is 0 Å². The minimum Gasteiger partial charge on any atom is -0.496 e. The summed E-state index contributed by atoms with van der Waals surface area (Å²) in [5.74, 6) is 0.952. The number of hydrogen-bond acceptors (Lipinski definition) is 2. The van der Waals surface area contributed by atoms with Gasteiger partial charge in [-0.15, -0.1) is 0 Å². The summed E-state index contributed by atoms with van der Waals surface area (Å²) in [5.41, 5.74) is 3.83. The minimum absolute atomic E-state index is 0.289. The molecule has 2 nitrogen and oxygen atoms in total. The Morgan fingerprint density at radius 1 is 1.05 bits per heavy atom. The van der Waals surface area contributed by atoms with Gasteiger partial charge in [0.1, 0.15) is 5.75 Å². The molecule has 1 unspecified atom stereocenters. The summed E-state index contributed by atoms with van der Waals surface area (Å²) in [4.78, 5) is 0. The molecule has 0 amide bonds. The van der Waals surface area contributed by atoms with E-state index in [0.717, 1.165) is 12.2 Å². The molecule has 0 fully saturated rings. The first kappa shape index (κ1) is 15.6. The van der Waals surface area contributed by atoms with Crippen LogP contribution in [0, 0.1) is 6.92 Å². The fourth-order valence-electron chi connectivity index (χ4n) is 2.63. The molecule has 2 heteroatoms. The van der Waals surface area contributed by atoms with Crippen molar-refractivity contribution in [2.75, 3.05) is 7.11 Å². The van der Waals surface area contributed by atoms with Crippen molar-refractivity contribution in [2.45, 2.75) is 39.3 Å². The molecule has 0 saturated heterocycles. The Bertz CT molecular complexity index is 562. The van der Waals surface area contributed by atoms with Gasteiger partial charge in [-0.05, 0) is 31.9 Å². The first-order valence-corrected chi connectivity index (χ1v) is 7.61. The maximum atomic E-state index is 5.49. The SMILES string of the molecule is CCC(N[C@@H](C)c1ccc(C)cc1)c1ccccc1OC. The monoisotopic (exact) mass is 283 g/mol. The van der Waals surface area contributed by atoms with Crippen molar-refractivity contribution in [3.63, 3.8) is 0 Å². The van der Waals surface area contributed by atoms with E-state index in [-0.39, 0.29) is 6.04 Å². The second-order valence-corrected chi connectivity index (χ2v) is 5.50. The molecule has 112 valence electrons. The average molecular weight is 283 g/mol. The first-order chi connectivity index (χ1) is 10.2. The molecule has 1 N–H and O–H groups in total. The molecule has 0 spiro atoms. The van der Waals surface area contributed by atoms with Crippen LogP contribution in [0.15, 0.2) is 48.5 Å². The van der Waals surface area contributed by atoms with Crippen molar-refractivity contribution < 1.29 is 4.74 Å². The highest BCUT2D eigenvalue weighted by Gasteiger charge is 2.16. The second-order valence-electron chi connectivity index (χ2n) is 5.50. The maximum Gasteiger partial charge on any atom is 0.123 e. The lowest BCUT2D eigenvalue weighted by atomic mass is 10.00. The highest BCUT2D eigenvalue weighted by atomic mass is 16.5. The van der Waals surface area contributed by atoms with Crippen LogP contribution in [0.2, 0.25) is 0 Å². The highest BCUT2D eigenvalue weighted by Crippen LogP contribution is 2.29. The Labute approximate surface area is 128 Å². The Morgan fingerprint density at radius 3 is 2.33 bits per heavy atom. The Morgan fingerprint density at radius 2 is 1.71 bits per heavy atom. The molecule has 0 heterocycles. The van der Waals surface area contributed by atoms with Gasteiger partial charge >= 0.3 is 0 Å². The van der Waals surface area contributed by atoms with Gasteiger partial charge in [0.05, 0.1) is 7.11 Å². The summed E-state index contributed by atoms with van der Waals surface area (Å²) in [7, 11) is 1.73. The molecule has 0 saturated carbocycles. The van der Waals surface area contributed by atoms with Crippen LogP contribution in [-0.2, 0) is 0 Å². The molecule has 2 rings (SSSR count). The van der Waals surface area contributed by atoms with Crippen LogP contribution < -0.4 is 10.1 Å². The van der Waals surface area contributed by atoms with E-state index in [4.69, 9.17) is 4.74 Å². The molecule has 2 aromatic rings. The van der Waals surface area contributed by atoms with Crippen molar-refractivity contribution in [3.05, 3.63) is 65.2 Å². The lowest BCUT2D eigenvalue weighted by Crippen LogP contribution is -2.24. The van der Waals surface area contributed by atoms with Crippen molar-refractivity contribution >= 4 is 0 Å². The number of methoxy groups -OCH3 is 1. The van der Waals surface area contributed by atoms with Gasteiger partial charge < -0.3 is 10.1 Å². The molecule has 0 bridgehead atoms. The summed E-state index contributed by atoms with van der Waals surface area (Å²) >= 11 is 0. The summed E-state index contributed by atoms with van der Waals surface area (Å²) in [6.45, 7) is 6.53. The lowest BCUT2D eigenvalue weighted by molar-refractivity contribution is 0.388. The van der Waals surface area contributed by atoms with Crippen LogP contribution in [0.25, 0.3) is 0 Å². The standard InChI is InChI=1S/C19H25NO/c1-5-18(17-8-6-7-9-19(17)21-4)20-15(3)16-12-10-14(2)11-13-16/h6-13,15,18,20H,5H2,1-4H3/t15-,18?/m0/s1. The van der Waals surface area contributed by atoms with Gasteiger partial charge in [0.25, 0.3) is 0 Å². The lowest BCUT2D eigenvalue weighted by Gasteiger charge is -2.24. The zero-order valence-electron chi connectivity index (χ0n) is 13.4. The third-order valence-corrected chi connectivity index (χ3v) is 3.95. The van der Waals surface area contributed by atoms with E-state index >= 15 is 0 Å². The van der Waals surface area contributed by atoms with Crippen LogP contribution in [-0.4, -0.2) is 7.11 Å². The minimum atomic E-state index is 0.289. The number of hydrogen-bond donors (Lipinski definition) is 1. The number of aryl methyl sites for hydroxylation is 1. The number of benzene rings is 2. The van der Waals surface area contributed by atoms with E-state index in [1.807, 2.05) is 12.1 Å². The Balaban J connectivity index is 2.16. The third kappa shape index (κ3) is 3.85. The second kappa shape index (κ2) is 7.28. The zero-order chi connectivity index (χ0) is 15.2. The van der Waals surface area contributed by atoms with Crippen molar-refractivity contribution in [1.82, 2.24) is 5.32 Å². The first-order valence-electron chi connectivity index (χ1n) is 7.61. The van der Waals surface area contributed by atoms with Gasteiger partial charge in [-0.1, -0.05) is 55.0 Å². The number of ether oxygens (including phenoxy) is 1. The van der Waals surface area contributed by atoms with Gasteiger partial charge in [-0.2, -0.15) is 0 Å². The number of nitrogens with one attached hydrogen (secondary N) is 1. The fraction of sp³-hybridized carbons (Fsp3) is 0.368. The smallest absolute Gasteiger partial charge is 0.123 e. The van der Waals surface area contributed by atoms with Crippen LogP contribution in [0.3, 0.4) is 0 Å². The van der Waals surface area contributed by atoms with E-state index < -0.39 is 0 Å². The number of rotatable bonds is 6. The normalized spacial score (nSPS) is 13.7. The van der Waals surface area contributed by atoms with Crippen molar-refractivity contribution in [2.24, 2.45) is 0 Å². The molecule has 21 heavy (non-hydrogen) atoms. The summed E-state index contributed by atoms with van der Waals surface area (Å²) in [5, 5.41) is 3.71. The fourth-order valence-corrected chi connectivity index (χ4v) is 2.63. The number of para-hydroxylation sites is 1. The van der Waals surface area contributed by atoms with E-state index in [2.05, 4.69) is 62.5 Å². The molecule has 2 atom stereocenters. The topological polar surface area (TPSA) is 21.3 Å². The Hall–Kier alpha value is -1.80. The van der Waals surface area contributed by atoms with Gasteiger partial charge in [-0.25, -0.2) is 0 Å². The zero-order valence-corrected chi connectivity index (χ0v) is 13.4. The molecule has 0 radical (unpaired) electrons. The predicted molar refractivity (Wildman–Crippen MR) is 88.8 cm³/mol. The highest BCUT2D eigenvalue weighted by molar-refractivity contribution is 5.36. The van der Waals surface area contributed by atoms with Crippen molar-refractivity contribution in [3.8, 4) is 5.75 Å².